The Morgan fingerprint density at radius 1 is 0.692 bits per heavy atom. The topological polar surface area (TPSA) is 37.3 Å². The second-order valence-corrected chi connectivity index (χ2v) is 9.13. The minimum atomic E-state index is -0.615. The van der Waals surface area contributed by atoms with E-state index < -0.39 is 5.97 Å². The monoisotopic (exact) mass is 370 g/mol. The minimum Gasteiger partial charge on any atom is -0.477 e. The van der Waals surface area contributed by atoms with E-state index >= 15 is 0 Å². The third-order valence-electron chi connectivity index (χ3n) is 5.64. The molecule has 1 N–H and O–H groups in total. The molecule has 0 spiro atoms. The van der Waals surface area contributed by atoms with E-state index in [0.29, 0.717) is 10.4 Å². The average molecular weight is 371 g/mol. The highest BCUT2D eigenvalue weighted by Gasteiger charge is 2.38. The van der Waals surface area contributed by atoms with Gasteiger partial charge < -0.3 is 9.59 Å². The normalized spacial score (nSPS) is 14.3. The first-order chi connectivity index (χ1) is 12.3. The van der Waals surface area contributed by atoms with Crippen LogP contribution in [0.5, 0.6) is 0 Å². The Kier molecular flexibility index (Phi) is 15.1. The van der Waals surface area contributed by atoms with Crippen molar-refractivity contribution in [2.75, 3.05) is 21.1 Å². The van der Waals surface area contributed by atoms with Gasteiger partial charge in [-0.15, -0.1) is 0 Å². The summed E-state index contributed by atoms with van der Waals surface area (Å²) in [7, 11) is 6.11. The van der Waals surface area contributed by atoms with Crippen LogP contribution in [0.25, 0.3) is 0 Å². The summed E-state index contributed by atoms with van der Waals surface area (Å²) in [6, 6.07) is -0.272. The van der Waals surface area contributed by atoms with Crippen molar-refractivity contribution in [3.8, 4) is 0 Å². The first-order valence-corrected chi connectivity index (χ1v) is 11.4. The molecule has 2 atom stereocenters. The Balaban J connectivity index is 4.37. The van der Waals surface area contributed by atoms with Crippen LogP contribution in [-0.2, 0) is 4.79 Å². The van der Waals surface area contributed by atoms with Crippen LogP contribution in [0.3, 0.4) is 0 Å². The van der Waals surface area contributed by atoms with E-state index in [1.807, 2.05) is 21.1 Å². The highest BCUT2D eigenvalue weighted by Crippen LogP contribution is 2.27. The standard InChI is InChI=1S/C23H47NO2/c1-6-8-10-12-13-14-16-18-20-21(19-17-15-11-9-7-2)22(23(25)26)24(3,4)5/h21-22H,6-20H2,1-5H3/p+1. The third kappa shape index (κ3) is 12.7. The molecule has 26 heavy (non-hydrogen) atoms. The maximum Gasteiger partial charge on any atom is 0.362 e. The fraction of sp³-hybridized carbons (Fsp3) is 0.957. The van der Waals surface area contributed by atoms with Crippen LogP contribution in [0.4, 0.5) is 0 Å². The summed E-state index contributed by atoms with van der Waals surface area (Å²) in [4.78, 5) is 11.9. The molecule has 0 aliphatic rings. The summed E-state index contributed by atoms with van der Waals surface area (Å²) in [5, 5.41) is 9.83. The van der Waals surface area contributed by atoms with Crippen molar-refractivity contribution in [3.05, 3.63) is 0 Å². The lowest BCUT2D eigenvalue weighted by atomic mass is 9.86. The third-order valence-corrected chi connectivity index (χ3v) is 5.64. The van der Waals surface area contributed by atoms with Crippen molar-refractivity contribution in [1.82, 2.24) is 0 Å². The molecule has 0 aromatic rings. The van der Waals surface area contributed by atoms with Crippen LogP contribution >= 0.6 is 0 Å². The van der Waals surface area contributed by atoms with Crippen molar-refractivity contribution in [1.29, 1.82) is 0 Å². The number of carboxylic acid groups (broad SMARTS) is 1. The van der Waals surface area contributed by atoms with Crippen LogP contribution in [0.2, 0.25) is 0 Å². The molecule has 0 aromatic heterocycles. The van der Waals surface area contributed by atoms with Gasteiger partial charge in [0.15, 0.2) is 6.04 Å². The van der Waals surface area contributed by atoms with Gasteiger partial charge in [-0.05, 0) is 12.8 Å². The molecule has 0 rings (SSSR count). The minimum absolute atomic E-state index is 0.272. The van der Waals surface area contributed by atoms with Crippen molar-refractivity contribution < 1.29 is 14.4 Å². The molecule has 0 aliphatic carbocycles. The highest BCUT2D eigenvalue weighted by atomic mass is 16.4. The van der Waals surface area contributed by atoms with Crippen molar-refractivity contribution in [3.63, 3.8) is 0 Å². The fourth-order valence-corrected chi connectivity index (χ4v) is 4.18. The molecule has 0 saturated heterocycles. The molecule has 0 aromatic carbocycles. The molecule has 0 radical (unpaired) electrons. The molecular formula is C23H48NO2+. The number of aliphatic carboxylic acids is 1. The molecule has 0 amide bonds. The Labute approximate surface area is 164 Å². The molecule has 2 unspecified atom stereocenters. The summed E-state index contributed by atoms with van der Waals surface area (Å²) in [6.07, 6.45) is 19.0. The summed E-state index contributed by atoms with van der Waals surface area (Å²) < 4.78 is 0.534. The quantitative estimate of drug-likeness (QED) is 0.216. The maximum atomic E-state index is 11.9. The number of hydrogen-bond donors (Lipinski definition) is 1. The fourth-order valence-electron chi connectivity index (χ4n) is 4.18. The van der Waals surface area contributed by atoms with E-state index in [4.69, 9.17) is 0 Å². The molecule has 0 saturated carbocycles. The largest absolute Gasteiger partial charge is 0.477 e. The van der Waals surface area contributed by atoms with Gasteiger partial charge in [0.05, 0.1) is 21.1 Å². The summed E-state index contributed by atoms with van der Waals surface area (Å²) in [6.45, 7) is 4.50. The lowest BCUT2D eigenvalue weighted by Crippen LogP contribution is -2.53. The molecule has 156 valence electrons. The number of rotatable bonds is 18. The van der Waals surface area contributed by atoms with Crippen molar-refractivity contribution >= 4 is 5.97 Å². The van der Waals surface area contributed by atoms with E-state index in [-0.39, 0.29) is 6.04 Å². The van der Waals surface area contributed by atoms with Gasteiger partial charge in [0.2, 0.25) is 0 Å². The Morgan fingerprint density at radius 3 is 1.35 bits per heavy atom. The van der Waals surface area contributed by atoms with Gasteiger partial charge in [0.25, 0.3) is 0 Å². The number of likely N-dealkylation sites (N-methyl/N-ethyl adjacent to an activating group) is 1. The maximum absolute atomic E-state index is 11.9. The van der Waals surface area contributed by atoms with Gasteiger partial charge in [-0.25, -0.2) is 4.79 Å². The smallest absolute Gasteiger partial charge is 0.362 e. The van der Waals surface area contributed by atoms with E-state index in [1.165, 1.54) is 83.5 Å². The number of carbonyl (C=O) groups is 1. The average Bonchev–Trinajstić information content (AvgIpc) is 2.55. The molecular weight excluding hydrogens is 322 g/mol. The first kappa shape index (κ1) is 25.4. The van der Waals surface area contributed by atoms with Gasteiger partial charge >= 0.3 is 5.97 Å². The molecule has 0 bridgehead atoms. The number of carboxylic acids is 1. The van der Waals surface area contributed by atoms with E-state index in [9.17, 15) is 9.90 Å². The van der Waals surface area contributed by atoms with Gasteiger partial charge in [-0.2, -0.15) is 0 Å². The van der Waals surface area contributed by atoms with Gasteiger partial charge in [0, 0.05) is 5.92 Å². The molecule has 3 nitrogen and oxygen atoms in total. The van der Waals surface area contributed by atoms with E-state index in [2.05, 4.69) is 13.8 Å². The van der Waals surface area contributed by atoms with Crippen LogP contribution in [0.15, 0.2) is 0 Å². The molecule has 0 aliphatic heterocycles. The predicted molar refractivity (Wildman–Crippen MR) is 114 cm³/mol. The molecule has 0 fully saturated rings. The lowest BCUT2D eigenvalue weighted by Gasteiger charge is -2.36. The zero-order valence-corrected chi connectivity index (χ0v) is 18.6. The zero-order chi connectivity index (χ0) is 19.8. The Hall–Kier alpha value is -0.570. The first-order valence-electron chi connectivity index (χ1n) is 11.4. The van der Waals surface area contributed by atoms with E-state index in [0.717, 1.165) is 12.8 Å². The number of unbranched alkanes of at least 4 members (excludes halogenated alkanes) is 11. The number of quaternary nitrogens is 1. The van der Waals surface area contributed by atoms with Crippen LogP contribution in [0.1, 0.15) is 110 Å². The van der Waals surface area contributed by atoms with Crippen molar-refractivity contribution in [2.24, 2.45) is 5.92 Å². The van der Waals surface area contributed by atoms with E-state index in [1.54, 1.807) is 0 Å². The zero-order valence-electron chi connectivity index (χ0n) is 18.6. The van der Waals surface area contributed by atoms with Crippen LogP contribution in [0, 0.1) is 5.92 Å². The summed E-state index contributed by atoms with van der Waals surface area (Å²) in [5.41, 5.74) is 0. The Morgan fingerprint density at radius 2 is 1.04 bits per heavy atom. The summed E-state index contributed by atoms with van der Waals surface area (Å²) >= 11 is 0. The van der Waals surface area contributed by atoms with Crippen LogP contribution in [-0.4, -0.2) is 42.7 Å². The summed E-state index contributed by atoms with van der Waals surface area (Å²) in [5.74, 6) is -0.301. The number of hydrogen-bond acceptors (Lipinski definition) is 1. The predicted octanol–water partition coefficient (Wildman–Crippen LogP) is 6.65. The molecule has 3 heteroatoms. The molecule has 0 heterocycles. The Bertz CT molecular complexity index is 336. The highest BCUT2D eigenvalue weighted by molar-refractivity contribution is 5.72. The van der Waals surface area contributed by atoms with Gasteiger partial charge in [-0.3, -0.25) is 0 Å². The second-order valence-electron chi connectivity index (χ2n) is 9.13. The lowest BCUT2D eigenvalue weighted by molar-refractivity contribution is -0.891. The van der Waals surface area contributed by atoms with Crippen molar-refractivity contribution in [2.45, 2.75) is 116 Å². The van der Waals surface area contributed by atoms with Gasteiger partial charge in [0.1, 0.15) is 0 Å². The number of nitrogens with zero attached hydrogens (tertiary/aromatic N) is 1. The van der Waals surface area contributed by atoms with Gasteiger partial charge in [-0.1, -0.05) is 97.3 Å². The second kappa shape index (κ2) is 15.5. The van der Waals surface area contributed by atoms with Crippen LogP contribution < -0.4 is 0 Å². The SMILES string of the molecule is CCCCCCCCCCC(CCCCCCC)C(C(=O)O)[N+](C)(C)C.